The van der Waals surface area contributed by atoms with Gasteiger partial charge in [0.1, 0.15) is 10.3 Å². The molecule has 0 aromatic carbocycles. The fourth-order valence-electron chi connectivity index (χ4n) is 3.10. The number of allylic oxidation sites excluding steroid dienone is 3. The first-order chi connectivity index (χ1) is 10.8. The lowest BCUT2D eigenvalue weighted by molar-refractivity contribution is 0.474. The maximum Gasteiger partial charge on any atom is 0.248 e. The molecule has 2 heterocycles. The van der Waals surface area contributed by atoms with Crippen LogP contribution in [0, 0.1) is 5.92 Å². The predicted octanol–water partition coefficient (Wildman–Crippen LogP) is 3.27. The maximum absolute atomic E-state index is 13.4. The summed E-state index contributed by atoms with van der Waals surface area (Å²) >= 11 is 6.10. The molecule has 0 radical (unpaired) electrons. The van der Waals surface area contributed by atoms with Gasteiger partial charge in [0.05, 0.1) is 11.2 Å². The van der Waals surface area contributed by atoms with E-state index in [0.717, 1.165) is 0 Å². The van der Waals surface area contributed by atoms with Crippen LogP contribution in [0.5, 0.6) is 0 Å². The zero-order valence-electron chi connectivity index (χ0n) is 12.9. The highest BCUT2D eigenvalue weighted by molar-refractivity contribution is 7.91. The molecule has 7 heteroatoms. The molecule has 0 bridgehead atoms. The van der Waals surface area contributed by atoms with Crippen LogP contribution in [0.1, 0.15) is 20.3 Å². The molecule has 0 spiro atoms. The van der Waals surface area contributed by atoms with Gasteiger partial charge in [-0.1, -0.05) is 24.6 Å². The molecule has 0 fully saturated rings. The Morgan fingerprint density at radius 1 is 1.48 bits per heavy atom. The molecule has 2 aromatic rings. The lowest BCUT2D eigenvalue weighted by atomic mass is 9.87. The molecule has 0 aliphatic heterocycles. The highest BCUT2D eigenvalue weighted by atomic mass is 35.5. The number of hydrogen-bond donors (Lipinski definition) is 1. The largest absolute Gasteiger partial charge is 0.396 e. The molecular weight excluding hydrogens is 334 g/mol. The minimum absolute atomic E-state index is 0.176. The zero-order valence-corrected chi connectivity index (χ0v) is 14.5. The monoisotopic (exact) mass is 351 g/mol. The molecule has 0 amide bonds. The van der Waals surface area contributed by atoms with Gasteiger partial charge in [-0.3, -0.25) is 4.98 Å². The van der Waals surface area contributed by atoms with Crippen LogP contribution < -0.4 is 5.73 Å². The molecule has 2 aromatic heterocycles. The van der Waals surface area contributed by atoms with Crippen molar-refractivity contribution in [1.29, 1.82) is 0 Å². The van der Waals surface area contributed by atoms with Gasteiger partial charge in [0.25, 0.3) is 0 Å². The first kappa shape index (κ1) is 16.1. The quantitative estimate of drug-likeness (QED) is 0.920. The smallest absolute Gasteiger partial charge is 0.248 e. The lowest BCUT2D eigenvalue weighted by Crippen LogP contribution is -2.44. The molecule has 23 heavy (non-hydrogen) atoms. The molecule has 2 unspecified atom stereocenters. The summed E-state index contributed by atoms with van der Waals surface area (Å²) in [5, 5.41) is 0.420. The number of halogens is 1. The van der Waals surface area contributed by atoms with Gasteiger partial charge in [0.2, 0.25) is 10.0 Å². The van der Waals surface area contributed by atoms with Gasteiger partial charge in [0.15, 0.2) is 0 Å². The van der Waals surface area contributed by atoms with E-state index < -0.39 is 14.8 Å². The van der Waals surface area contributed by atoms with Crippen LogP contribution in [-0.4, -0.2) is 22.1 Å². The third-order valence-corrected chi connectivity index (χ3v) is 7.04. The van der Waals surface area contributed by atoms with Crippen molar-refractivity contribution in [3.05, 3.63) is 47.8 Å². The van der Waals surface area contributed by atoms with Crippen LogP contribution in [0.15, 0.2) is 47.8 Å². The fourth-order valence-corrected chi connectivity index (χ4v) is 5.45. The summed E-state index contributed by atoms with van der Waals surface area (Å²) in [4.78, 5) is 4.17. The van der Waals surface area contributed by atoms with E-state index in [1.54, 1.807) is 37.4 Å². The Kier molecular flexibility index (Phi) is 3.77. The SMILES string of the molecule is CCC1C=CC(Cl)=CC1(C)S(=O)(=O)n1cc(N)c2ncccc21. The Morgan fingerprint density at radius 3 is 2.91 bits per heavy atom. The van der Waals surface area contributed by atoms with Gasteiger partial charge in [-0.05, 0) is 37.6 Å². The molecule has 5 nitrogen and oxygen atoms in total. The number of anilines is 1. The number of rotatable bonds is 3. The average Bonchev–Trinajstić information content (AvgIpc) is 2.85. The Morgan fingerprint density at radius 2 is 2.22 bits per heavy atom. The van der Waals surface area contributed by atoms with Crippen LogP contribution in [0.3, 0.4) is 0 Å². The van der Waals surface area contributed by atoms with E-state index in [-0.39, 0.29) is 5.92 Å². The molecular formula is C16H18ClN3O2S. The van der Waals surface area contributed by atoms with Crippen molar-refractivity contribution < 1.29 is 8.42 Å². The van der Waals surface area contributed by atoms with E-state index in [1.807, 2.05) is 13.0 Å². The second-order valence-corrected chi connectivity index (χ2v) is 8.50. The number of pyridine rings is 1. The highest BCUT2D eigenvalue weighted by Gasteiger charge is 2.45. The molecule has 1 aliphatic rings. The third-order valence-electron chi connectivity index (χ3n) is 4.46. The van der Waals surface area contributed by atoms with Crippen molar-refractivity contribution in [3.63, 3.8) is 0 Å². The van der Waals surface area contributed by atoms with E-state index in [0.29, 0.717) is 28.2 Å². The normalized spacial score (nSPS) is 24.8. The Balaban J connectivity index is 2.27. The van der Waals surface area contributed by atoms with Crippen LogP contribution >= 0.6 is 11.6 Å². The fraction of sp³-hybridized carbons (Fsp3) is 0.312. The number of nitrogen functional groups attached to an aromatic ring is 1. The highest BCUT2D eigenvalue weighted by Crippen LogP contribution is 2.40. The van der Waals surface area contributed by atoms with Gasteiger partial charge in [0, 0.05) is 23.3 Å². The first-order valence-corrected chi connectivity index (χ1v) is 9.16. The maximum atomic E-state index is 13.4. The molecule has 3 rings (SSSR count). The molecule has 1 aliphatic carbocycles. The van der Waals surface area contributed by atoms with Crippen molar-refractivity contribution in [2.45, 2.75) is 25.0 Å². The van der Waals surface area contributed by atoms with Gasteiger partial charge in [-0.15, -0.1) is 0 Å². The van der Waals surface area contributed by atoms with E-state index in [2.05, 4.69) is 4.98 Å². The van der Waals surface area contributed by atoms with Crippen molar-refractivity contribution in [1.82, 2.24) is 8.96 Å². The van der Waals surface area contributed by atoms with Crippen molar-refractivity contribution in [2.75, 3.05) is 5.73 Å². The van der Waals surface area contributed by atoms with Crippen LogP contribution in [0.2, 0.25) is 0 Å². The number of nitrogens with zero attached hydrogens (tertiary/aromatic N) is 2. The summed E-state index contributed by atoms with van der Waals surface area (Å²) in [6, 6.07) is 3.39. The van der Waals surface area contributed by atoms with Crippen LogP contribution in [0.25, 0.3) is 11.0 Å². The summed E-state index contributed by atoms with van der Waals surface area (Å²) < 4.78 is 26.9. The lowest BCUT2D eigenvalue weighted by Gasteiger charge is -2.35. The summed E-state index contributed by atoms with van der Waals surface area (Å²) in [5.41, 5.74) is 7.23. The average molecular weight is 352 g/mol. The second-order valence-electron chi connectivity index (χ2n) is 5.84. The molecule has 122 valence electrons. The van der Waals surface area contributed by atoms with E-state index >= 15 is 0 Å². The number of hydrogen-bond acceptors (Lipinski definition) is 4. The van der Waals surface area contributed by atoms with Gasteiger partial charge < -0.3 is 5.73 Å². The molecule has 2 N–H and O–H groups in total. The molecule has 0 saturated carbocycles. The third kappa shape index (κ3) is 2.28. The molecule has 2 atom stereocenters. The van der Waals surface area contributed by atoms with Crippen molar-refractivity contribution >= 4 is 38.3 Å². The Bertz CT molecular complexity index is 930. The first-order valence-electron chi connectivity index (χ1n) is 7.34. The van der Waals surface area contributed by atoms with Crippen molar-refractivity contribution in [3.8, 4) is 0 Å². The van der Waals surface area contributed by atoms with Crippen LogP contribution in [0.4, 0.5) is 5.69 Å². The summed E-state index contributed by atoms with van der Waals surface area (Å²) in [7, 11) is -3.78. The number of fused-ring (bicyclic) bond motifs is 1. The zero-order chi connectivity index (χ0) is 16.8. The van der Waals surface area contributed by atoms with E-state index in [1.165, 1.54) is 10.2 Å². The minimum Gasteiger partial charge on any atom is -0.396 e. The molecule has 0 saturated heterocycles. The number of aromatic nitrogens is 2. The standard InChI is InChI=1S/C16H18ClN3O2S/c1-3-11-6-7-12(17)9-16(11,2)23(21,22)20-10-13(18)15-14(20)5-4-8-19-15/h4-11H,3,18H2,1-2H3. The van der Waals surface area contributed by atoms with Crippen LogP contribution in [-0.2, 0) is 10.0 Å². The van der Waals surface area contributed by atoms with Gasteiger partial charge in [-0.2, -0.15) is 0 Å². The topological polar surface area (TPSA) is 78.0 Å². The number of nitrogens with two attached hydrogens (primary N) is 1. The van der Waals surface area contributed by atoms with E-state index in [4.69, 9.17) is 17.3 Å². The summed E-state index contributed by atoms with van der Waals surface area (Å²) in [6.45, 7) is 3.65. The van der Waals surface area contributed by atoms with Gasteiger partial charge in [-0.25, -0.2) is 12.4 Å². The summed E-state index contributed by atoms with van der Waals surface area (Å²) in [6.07, 6.45) is 8.90. The Labute approximate surface area is 140 Å². The summed E-state index contributed by atoms with van der Waals surface area (Å²) in [5.74, 6) is -0.176. The predicted molar refractivity (Wildman–Crippen MR) is 93.7 cm³/mol. The second kappa shape index (κ2) is 5.39. The van der Waals surface area contributed by atoms with E-state index in [9.17, 15) is 8.42 Å². The van der Waals surface area contributed by atoms with Crippen molar-refractivity contribution in [2.24, 2.45) is 5.92 Å². The minimum atomic E-state index is -3.78. The van der Waals surface area contributed by atoms with Gasteiger partial charge >= 0.3 is 0 Å². The Hall–Kier alpha value is -1.79.